The Morgan fingerprint density at radius 2 is 2.46 bits per heavy atom. The highest BCUT2D eigenvalue weighted by atomic mass is 16.3. The van der Waals surface area contributed by atoms with Crippen molar-refractivity contribution in [2.45, 2.75) is 38.1 Å². The van der Waals surface area contributed by atoms with Gasteiger partial charge in [0.05, 0.1) is 12.5 Å². The molecule has 2 unspecified atom stereocenters. The lowest BCUT2D eigenvalue weighted by atomic mass is 10.0. The van der Waals surface area contributed by atoms with E-state index >= 15 is 0 Å². The van der Waals surface area contributed by atoms with Crippen LogP contribution in [0.3, 0.4) is 0 Å². The fourth-order valence-electron chi connectivity index (χ4n) is 2.27. The first kappa shape index (κ1) is 8.82. The Hall–Kier alpha value is -0.760. The van der Waals surface area contributed by atoms with Gasteiger partial charge in [0, 0.05) is 6.04 Å². The molecule has 0 radical (unpaired) electrons. The van der Waals surface area contributed by atoms with Gasteiger partial charge in [-0.05, 0) is 43.4 Å². The Kier molecular flexibility index (Phi) is 2.69. The lowest BCUT2D eigenvalue weighted by Crippen LogP contribution is -2.25. The van der Waals surface area contributed by atoms with Crippen LogP contribution in [-0.2, 0) is 0 Å². The maximum atomic E-state index is 5.10. The summed E-state index contributed by atoms with van der Waals surface area (Å²) in [6, 6.07) is 2.82. The quantitative estimate of drug-likeness (QED) is 0.771. The molecule has 1 saturated carbocycles. The third-order valence-corrected chi connectivity index (χ3v) is 2.94. The van der Waals surface area contributed by atoms with Crippen molar-refractivity contribution in [3.05, 3.63) is 24.2 Å². The van der Waals surface area contributed by atoms with Gasteiger partial charge in [0.1, 0.15) is 0 Å². The summed E-state index contributed by atoms with van der Waals surface area (Å²) in [6.45, 7) is 3.26. The van der Waals surface area contributed by atoms with Gasteiger partial charge in [0.15, 0.2) is 0 Å². The highest BCUT2D eigenvalue weighted by Crippen LogP contribution is 2.34. The van der Waals surface area contributed by atoms with E-state index in [1.54, 1.807) is 6.26 Å². The Labute approximate surface area is 79.3 Å². The lowest BCUT2D eigenvalue weighted by Gasteiger charge is -2.10. The minimum absolute atomic E-state index is 0.725. The molecule has 72 valence electrons. The highest BCUT2D eigenvalue weighted by molar-refractivity contribution is 5.14. The van der Waals surface area contributed by atoms with Gasteiger partial charge in [-0.1, -0.05) is 6.92 Å². The smallest absolute Gasteiger partial charge is 0.0937 e. The second kappa shape index (κ2) is 3.97. The largest absolute Gasteiger partial charge is 0.472 e. The Bertz CT molecular complexity index is 243. The molecule has 2 heteroatoms. The van der Waals surface area contributed by atoms with E-state index in [2.05, 4.69) is 18.3 Å². The summed E-state index contributed by atoms with van der Waals surface area (Å²) in [5.74, 6) is 0.725. The monoisotopic (exact) mass is 179 g/mol. The van der Waals surface area contributed by atoms with Crippen LogP contribution in [0, 0.1) is 0 Å². The normalized spacial score (nSPS) is 28.1. The van der Waals surface area contributed by atoms with E-state index in [0.717, 1.165) is 18.5 Å². The SMILES string of the molecule is CCNC1CCC(c2ccoc2)C1. The molecule has 0 bridgehead atoms. The Morgan fingerprint density at radius 1 is 1.54 bits per heavy atom. The minimum Gasteiger partial charge on any atom is -0.472 e. The molecular formula is C11H17NO. The molecule has 1 heterocycles. The third-order valence-electron chi connectivity index (χ3n) is 2.94. The zero-order chi connectivity index (χ0) is 9.10. The summed E-state index contributed by atoms with van der Waals surface area (Å²) >= 11 is 0. The van der Waals surface area contributed by atoms with E-state index in [1.165, 1.54) is 24.8 Å². The summed E-state index contributed by atoms with van der Waals surface area (Å²) in [5.41, 5.74) is 1.38. The summed E-state index contributed by atoms with van der Waals surface area (Å²) in [4.78, 5) is 0. The maximum absolute atomic E-state index is 5.10. The van der Waals surface area contributed by atoms with Crippen molar-refractivity contribution < 1.29 is 4.42 Å². The third kappa shape index (κ3) is 1.94. The van der Waals surface area contributed by atoms with E-state index < -0.39 is 0 Å². The van der Waals surface area contributed by atoms with Crippen LogP contribution in [0.25, 0.3) is 0 Å². The first-order chi connectivity index (χ1) is 6.40. The van der Waals surface area contributed by atoms with E-state index in [-0.39, 0.29) is 0 Å². The van der Waals surface area contributed by atoms with E-state index in [1.807, 2.05) is 6.26 Å². The Morgan fingerprint density at radius 3 is 3.15 bits per heavy atom. The van der Waals surface area contributed by atoms with Crippen LogP contribution < -0.4 is 5.32 Å². The molecule has 1 aromatic rings. The zero-order valence-corrected chi connectivity index (χ0v) is 8.12. The number of rotatable bonds is 3. The highest BCUT2D eigenvalue weighted by Gasteiger charge is 2.25. The maximum Gasteiger partial charge on any atom is 0.0937 e. The first-order valence-corrected chi connectivity index (χ1v) is 5.15. The second-order valence-electron chi connectivity index (χ2n) is 3.82. The summed E-state index contributed by atoms with van der Waals surface area (Å²) < 4.78 is 5.10. The van der Waals surface area contributed by atoms with Crippen LogP contribution in [0.4, 0.5) is 0 Å². The second-order valence-corrected chi connectivity index (χ2v) is 3.82. The van der Waals surface area contributed by atoms with Crippen molar-refractivity contribution in [1.82, 2.24) is 5.32 Å². The van der Waals surface area contributed by atoms with Crippen LogP contribution in [0.15, 0.2) is 23.0 Å². The van der Waals surface area contributed by atoms with Crippen molar-refractivity contribution in [1.29, 1.82) is 0 Å². The molecule has 0 aliphatic heterocycles. The molecule has 0 amide bonds. The van der Waals surface area contributed by atoms with Gasteiger partial charge in [-0.2, -0.15) is 0 Å². The van der Waals surface area contributed by atoms with Crippen LogP contribution in [0.5, 0.6) is 0 Å². The number of furan rings is 1. The number of nitrogens with one attached hydrogen (secondary N) is 1. The zero-order valence-electron chi connectivity index (χ0n) is 8.12. The molecule has 1 N–H and O–H groups in total. The number of hydrogen-bond donors (Lipinski definition) is 1. The van der Waals surface area contributed by atoms with E-state index in [4.69, 9.17) is 4.42 Å². The topological polar surface area (TPSA) is 25.2 Å². The lowest BCUT2D eigenvalue weighted by molar-refractivity contribution is 0.531. The van der Waals surface area contributed by atoms with Crippen molar-refractivity contribution in [2.24, 2.45) is 0 Å². The molecule has 1 aliphatic rings. The predicted molar refractivity (Wildman–Crippen MR) is 52.8 cm³/mol. The fourth-order valence-corrected chi connectivity index (χ4v) is 2.27. The van der Waals surface area contributed by atoms with Gasteiger partial charge < -0.3 is 9.73 Å². The molecule has 1 aliphatic carbocycles. The van der Waals surface area contributed by atoms with Gasteiger partial charge in [-0.3, -0.25) is 0 Å². The van der Waals surface area contributed by atoms with Crippen LogP contribution >= 0.6 is 0 Å². The summed E-state index contributed by atoms with van der Waals surface area (Å²) in [5, 5.41) is 3.51. The Balaban J connectivity index is 1.91. The van der Waals surface area contributed by atoms with Gasteiger partial charge in [-0.25, -0.2) is 0 Å². The van der Waals surface area contributed by atoms with Crippen molar-refractivity contribution >= 4 is 0 Å². The molecular weight excluding hydrogens is 162 g/mol. The van der Waals surface area contributed by atoms with Gasteiger partial charge in [0.25, 0.3) is 0 Å². The van der Waals surface area contributed by atoms with Crippen molar-refractivity contribution in [2.75, 3.05) is 6.54 Å². The molecule has 2 atom stereocenters. The van der Waals surface area contributed by atoms with Gasteiger partial charge in [0.2, 0.25) is 0 Å². The molecule has 13 heavy (non-hydrogen) atoms. The predicted octanol–water partition coefficient (Wildman–Crippen LogP) is 2.53. The van der Waals surface area contributed by atoms with E-state index in [0.29, 0.717) is 0 Å². The first-order valence-electron chi connectivity index (χ1n) is 5.15. The van der Waals surface area contributed by atoms with E-state index in [9.17, 15) is 0 Å². The molecule has 0 saturated heterocycles. The molecule has 1 fully saturated rings. The minimum atomic E-state index is 0.725. The van der Waals surface area contributed by atoms with Crippen LogP contribution in [0.2, 0.25) is 0 Å². The summed E-state index contributed by atoms with van der Waals surface area (Å²) in [7, 11) is 0. The molecule has 0 aromatic carbocycles. The average Bonchev–Trinajstić information content (AvgIpc) is 2.70. The summed E-state index contributed by atoms with van der Waals surface area (Å²) in [6.07, 6.45) is 7.54. The standard InChI is InChI=1S/C11H17NO/c1-2-12-11-4-3-9(7-11)10-5-6-13-8-10/h5-6,8-9,11-12H,2-4,7H2,1H3. The average molecular weight is 179 g/mol. The van der Waals surface area contributed by atoms with Crippen LogP contribution in [0.1, 0.15) is 37.7 Å². The van der Waals surface area contributed by atoms with Crippen LogP contribution in [-0.4, -0.2) is 12.6 Å². The van der Waals surface area contributed by atoms with Gasteiger partial charge in [-0.15, -0.1) is 0 Å². The van der Waals surface area contributed by atoms with Gasteiger partial charge >= 0.3 is 0 Å². The number of hydrogen-bond acceptors (Lipinski definition) is 2. The molecule has 0 spiro atoms. The van der Waals surface area contributed by atoms with Crippen molar-refractivity contribution in [3.63, 3.8) is 0 Å². The molecule has 1 aromatic heterocycles. The molecule has 2 rings (SSSR count). The van der Waals surface area contributed by atoms with Crippen molar-refractivity contribution in [3.8, 4) is 0 Å². The molecule has 2 nitrogen and oxygen atoms in total. The fraction of sp³-hybridized carbons (Fsp3) is 0.636.